The van der Waals surface area contributed by atoms with Crippen molar-refractivity contribution in [3.63, 3.8) is 0 Å². The SMILES string of the molecule is CNc1ccc(Cl)c(CN(C)c2ccccc2OC)n1. The average Bonchev–Trinajstić information content (AvgIpc) is 2.49. The number of nitrogens with zero attached hydrogens (tertiary/aromatic N) is 2. The number of anilines is 2. The van der Waals surface area contributed by atoms with Crippen molar-refractivity contribution in [2.45, 2.75) is 6.54 Å². The van der Waals surface area contributed by atoms with E-state index in [2.05, 4.69) is 15.2 Å². The van der Waals surface area contributed by atoms with Gasteiger partial charge in [0.25, 0.3) is 0 Å². The lowest BCUT2D eigenvalue weighted by Gasteiger charge is -2.22. The lowest BCUT2D eigenvalue weighted by atomic mass is 10.2. The molecule has 1 aromatic heterocycles. The van der Waals surface area contributed by atoms with Crippen molar-refractivity contribution in [2.75, 3.05) is 31.4 Å². The second-order valence-corrected chi connectivity index (χ2v) is 4.81. The third-order valence-corrected chi connectivity index (χ3v) is 3.40. The molecule has 1 heterocycles. The Balaban J connectivity index is 2.25. The number of ether oxygens (including phenoxy) is 1. The van der Waals surface area contributed by atoms with E-state index in [1.807, 2.05) is 50.5 Å². The molecule has 0 aliphatic rings. The Bertz CT molecular complexity index is 589. The van der Waals surface area contributed by atoms with Crippen LogP contribution in [0.3, 0.4) is 0 Å². The molecule has 0 radical (unpaired) electrons. The highest BCUT2D eigenvalue weighted by atomic mass is 35.5. The van der Waals surface area contributed by atoms with Crippen LogP contribution in [0.15, 0.2) is 36.4 Å². The highest BCUT2D eigenvalue weighted by molar-refractivity contribution is 6.31. The molecule has 1 aromatic carbocycles. The van der Waals surface area contributed by atoms with Crippen LogP contribution >= 0.6 is 11.6 Å². The standard InChI is InChI=1S/C15H18ClN3O/c1-17-15-9-8-11(16)12(18-15)10-19(2)13-6-4-5-7-14(13)20-3/h4-9H,10H2,1-3H3,(H,17,18). The number of nitrogens with one attached hydrogen (secondary N) is 1. The van der Waals surface area contributed by atoms with Crippen molar-refractivity contribution < 1.29 is 4.74 Å². The molecule has 0 atom stereocenters. The van der Waals surface area contributed by atoms with Gasteiger partial charge >= 0.3 is 0 Å². The summed E-state index contributed by atoms with van der Waals surface area (Å²) in [6.07, 6.45) is 0. The highest BCUT2D eigenvalue weighted by Gasteiger charge is 2.11. The molecule has 20 heavy (non-hydrogen) atoms. The van der Waals surface area contributed by atoms with E-state index in [0.29, 0.717) is 11.6 Å². The number of rotatable bonds is 5. The predicted octanol–water partition coefficient (Wildman–Crippen LogP) is 3.42. The predicted molar refractivity (Wildman–Crippen MR) is 83.9 cm³/mol. The molecule has 0 unspecified atom stereocenters. The first-order valence-corrected chi connectivity index (χ1v) is 6.71. The largest absolute Gasteiger partial charge is 0.495 e. The van der Waals surface area contributed by atoms with E-state index in [-0.39, 0.29) is 0 Å². The van der Waals surface area contributed by atoms with Crippen LogP contribution in [0, 0.1) is 0 Å². The molecular weight excluding hydrogens is 274 g/mol. The van der Waals surface area contributed by atoms with Crippen LogP contribution in [0.1, 0.15) is 5.69 Å². The highest BCUT2D eigenvalue weighted by Crippen LogP contribution is 2.28. The maximum atomic E-state index is 6.21. The lowest BCUT2D eigenvalue weighted by molar-refractivity contribution is 0.414. The fraction of sp³-hybridized carbons (Fsp3) is 0.267. The summed E-state index contributed by atoms with van der Waals surface area (Å²) in [5.41, 5.74) is 1.83. The first-order chi connectivity index (χ1) is 9.65. The Morgan fingerprint density at radius 2 is 2.00 bits per heavy atom. The monoisotopic (exact) mass is 291 g/mol. The number of hydrogen-bond donors (Lipinski definition) is 1. The molecule has 0 saturated carbocycles. The number of pyridine rings is 1. The number of benzene rings is 1. The number of methoxy groups -OCH3 is 1. The first kappa shape index (κ1) is 14.5. The second-order valence-electron chi connectivity index (χ2n) is 4.40. The zero-order chi connectivity index (χ0) is 14.5. The van der Waals surface area contributed by atoms with Gasteiger partial charge in [-0.3, -0.25) is 0 Å². The van der Waals surface area contributed by atoms with Gasteiger partial charge < -0.3 is 15.0 Å². The fourth-order valence-electron chi connectivity index (χ4n) is 1.99. The van der Waals surface area contributed by atoms with Crippen LogP contribution in [-0.2, 0) is 6.54 Å². The van der Waals surface area contributed by atoms with E-state index in [9.17, 15) is 0 Å². The van der Waals surface area contributed by atoms with Crippen molar-refractivity contribution in [2.24, 2.45) is 0 Å². The summed E-state index contributed by atoms with van der Waals surface area (Å²) in [6, 6.07) is 11.6. The number of para-hydroxylation sites is 2. The molecule has 1 N–H and O–H groups in total. The van der Waals surface area contributed by atoms with Crippen LogP contribution < -0.4 is 15.0 Å². The van der Waals surface area contributed by atoms with Gasteiger partial charge in [0.1, 0.15) is 11.6 Å². The summed E-state index contributed by atoms with van der Waals surface area (Å²) < 4.78 is 5.37. The van der Waals surface area contributed by atoms with Crippen LogP contribution in [0.5, 0.6) is 5.75 Å². The topological polar surface area (TPSA) is 37.4 Å². The van der Waals surface area contributed by atoms with Gasteiger partial charge in [0.05, 0.1) is 30.1 Å². The zero-order valence-corrected chi connectivity index (χ0v) is 12.6. The number of halogens is 1. The Hall–Kier alpha value is -1.94. The summed E-state index contributed by atoms with van der Waals surface area (Å²) in [7, 11) is 5.49. The average molecular weight is 292 g/mol. The maximum Gasteiger partial charge on any atom is 0.142 e. The lowest BCUT2D eigenvalue weighted by Crippen LogP contribution is -2.18. The zero-order valence-electron chi connectivity index (χ0n) is 11.9. The Kier molecular flexibility index (Phi) is 4.69. The molecule has 5 heteroatoms. The summed E-state index contributed by atoms with van der Waals surface area (Å²) in [5.74, 6) is 1.63. The van der Waals surface area contributed by atoms with Gasteiger partial charge in [-0.2, -0.15) is 0 Å². The molecule has 0 saturated heterocycles. The molecule has 0 aliphatic heterocycles. The first-order valence-electron chi connectivity index (χ1n) is 6.33. The van der Waals surface area contributed by atoms with Gasteiger partial charge in [-0.15, -0.1) is 0 Å². The van der Waals surface area contributed by atoms with Crippen molar-refractivity contribution >= 4 is 23.1 Å². The van der Waals surface area contributed by atoms with Gasteiger partial charge in [-0.1, -0.05) is 23.7 Å². The molecule has 0 fully saturated rings. The number of hydrogen-bond acceptors (Lipinski definition) is 4. The second kappa shape index (κ2) is 6.48. The third-order valence-electron chi connectivity index (χ3n) is 3.06. The maximum absolute atomic E-state index is 6.21. The molecule has 0 spiro atoms. The molecule has 0 aliphatic carbocycles. The van der Waals surface area contributed by atoms with Crippen molar-refractivity contribution in [3.05, 3.63) is 47.1 Å². The summed E-state index contributed by atoms with van der Waals surface area (Å²) >= 11 is 6.21. The summed E-state index contributed by atoms with van der Waals surface area (Å²) in [5, 5.41) is 3.68. The van der Waals surface area contributed by atoms with Crippen LogP contribution in [-0.4, -0.2) is 26.2 Å². The molecule has 4 nitrogen and oxygen atoms in total. The van der Waals surface area contributed by atoms with Gasteiger partial charge in [-0.25, -0.2) is 4.98 Å². The van der Waals surface area contributed by atoms with Crippen molar-refractivity contribution in [3.8, 4) is 5.75 Å². The van der Waals surface area contributed by atoms with Crippen LogP contribution in [0.2, 0.25) is 5.02 Å². The summed E-state index contributed by atoms with van der Waals surface area (Å²) in [4.78, 5) is 6.55. The Morgan fingerprint density at radius 3 is 2.70 bits per heavy atom. The minimum Gasteiger partial charge on any atom is -0.495 e. The van der Waals surface area contributed by atoms with Crippen LogP contribution in [0.25, 0.3) is 0 Å². The molecule has 106 valence electrons. The van der Waals surface area contributed by atoms with Crippen molar-refractivity contribution in [1.82, 2.24) is 4.98 Å². The smallest absolute Gasteiger partial charge is 0.142 e. The van der Waals surface area contributed by atoms with Gasteiger partial charge in [0, 0.05) is 14.1 Å². The number of aromatic nitrogens is 1. The minimum absolute atomic E-state index is 0.606. The van der Waals surface area contributed by atoms with Crippen LogP contribution in [0.4, 0.5) is 11.5 Å². The fourth-order valence-corrected chi connectivity index (χ4v) is 2.15. The normalized spacial score (nSPS) is 10.2. The Labute approximate surface area is 124 Å². The summed E-state index contributed by atoms with van der Waals surface area (Å²) in [6.45, 7) is 0.606. The Morgan fingerprint density at radius 1 is 1.25 bits per heavy atom. The van der Waals surface area contributed by atoms with Crippen molar-refractivity contribution in [1.29, 1.82) is 0 Å². The van der Waals surface area contributed by atoms with E-state index >= 15 is 0 Å². The van der Waals surface area contributed by atoms with Gasteiger partial charge in [0.2, 0.25) is 0 Å². The molecular formula is C15H18ClN3O. The molecule has 2 rings (SSSR count). The van der Waals surface area contributed by atoms with Gasteiger partial charge in [0.15, 0.2) is 0 Å². The van der Waals surface area contributed by atoms with E-state index in [1.54, 1.807) is 7.11 Å². The molecule has 2 aromatic rings. The quantitative estimate of drug-likeness (QED) is 0.916. The molecule has 0 amide bonds. The van der Waals surface area contributed by atoms with E-state index in [4.69, 9.17) is 16.3 Å². The van der Waals surface area contributed by atoms with E-state index < -0.39 is 0 Å². The third kappa shape index (κ3) is 3.14. The van der Waals surface area contributed by atoms with E-state index in [1.165, 1.54) is 0 Å². The molecule has 0 bridgehead atoms. The van der Waals surface area contributed by atoms with Gasteiger partial charge in [-0.05, 0) is 24.3 Å². The van der Waals surface area contributed by atoms with E-state index in [0.717, 1.165) is 22.9 Å². The minimum atomic E-state index is 0.606.